The smallest absolute Gasteiger partial charge is 0.128 e. The lowest BCUT2D eigenvalue weighted by molar-refractivity contribution is 0.353. The standard InChI is InChI=1S/C16H26N2O/c1-10-9-18-15(12(3)16(10)19-5)8-14(17-4)11(2)13-6-7-13/h9,11,13-14,17H,6-8H2,1-5H3. The molecule has 0 spiro atoms. The summed E-state index contributed by atoms with van der Waals surface area (Å²) in [7, 11) is 3.80. The van der Waals surface area contributed by atoms with Crippen molar-refractivity contribution in [1.82, 2.24) is 10.3 Å². The summed E-state index contributed by atoms with van der Waals surface area (Å²) in [5.41, 5.74) is 3.46. The van der Waals surface area contributed by atoms with Crippen LogP contribution in [0, 0.1) is 25.7 Å². The Labute approximate surface area is 116 Å². The summed E-state index contributed by atoms with van der Waals surface area (Å²) in [5, 5.41) is 3.47. The van der Waals surface area contributed by atoms with E-state index in [4.69, 9.17) is 4.74 Å². The lowest BCUT2D eigenvalue weighted by Gasteiger charge is -2.24. The van der Waals surface area contributed by atoms with E-state index in [1.165, 1.54) is 18.4 Å². The van der Waals surface area contributed by atoms with Gasteiger partial charge in [0.2, 0.25) is 0 Å². The average molecular weight is 262 g/mol. The van der Waals surface area contributed by atoms with E-state index in [2.05, 4.69) is 31.2 Å². The van der Waals surface area contributed by atoms with Gasteiger partial charge < -0.3 is 10.1 Å². The molecule has 2 rings (SSSR count). The van der Waals surface area contributed by atoms with Crippen LogP contribution in [0.1, 0.15) is 36.6 Å². The van der Waals surface area contributed by atoms with E-state index in [-0.39, 0.29) is 0 Å². The third kappa shape index (κ3) is 3.08. The van der Waals surface area contributed by atoms with Gasteiger partial charge in [-0.05, 0) is 45.6 Å². The normalized spacial score (nSPS) is 18.2. The average Bonchev–Trinajstić information content (AvgIpc) is 3.22. The molecule has 1 saturated carbocycles. The first-order valence-corrected chi connectivity index (χ1v) is 7.24. The van der Waals surface area contributed by atoms with Gasteiger partial charge in [-0.2, -0.15) is 0 Å². The molecule has 1 heterocycles. The van der Waals surface area contributed by atoms with Crippen LogP contribution in [0.15, 0.2) is 6.20 Å². The quantitative estimate of drug-likeness (QED) is 0.856. The number of methoxy groups -OCH3 is 1. The summed E-state index contributed by atoms with van der Waals surface area (Å²) in [6.45, 7) is 6.52. The molecule has 0 radical (unpaired) electrons. The molecular formula is C16H26N2O. The van der Waals surface area contributed by atoms with Crippen molar-refractivity contribution in [1.29, 1.82) is 0 Å². The number of aromatic nitrogens is 1. The van der Waals surface area contributed by atoms with Crippen LogP contribution in [0.4, 0.5) is 0 Å². The molecule has 19 heavy (non-hydrogen) atoms. The second-order valence-electron chi connectivity index (χ2n) is 5.84. The molecule has 1 aliphatic rings. The number of ether oxygens (including phenoxy) is 1. The van der Waals surface area contributed by atoms with Gasteiger partial charge in [0.05, 0.1) is 7.11 Å². The third-order valence-electron chi connectivity index (χ3n) is 4.53. The lowest BCUT2D eigenvalue weighted by Crippen LogP contribution is -2.35. The van der Waals surface area contributed by atoms with Gasteiger partial charge in [0.1, 0.15) is 5.75 Å². The Bertz CT molecular complexity index is 441. The fourth-order valence-electron chi connectivity index (χ4n) is 2.99. The number of likely N-dealkylation sites (N-methyl/N-ethyl adjacent to an activating group) is 1. The molecule has 106 valence electrons. The Kier molecular flexibility index (Phi) is 4.46. The molecule has 0 bridgehead atoms. The Morgan fingerprint density at radius 3 is 2.63 bits per heavy atom. The number of pyridine rings is 1. The summed E-state index contributed by atoms with van der Waals surface area (Å²) in [6, 6.07) is 0.506. The molecule has 0 aromatic carbocycles. The maximum Gasteiger partial charge on any atom is 0.128 e. The van der Waals surface area contributed by atoms with Gasteiger partial charge in [0, 0.05) is 35.5 Å². The van der Waals surface area contributed by atoms with Crippen LogP contribution in [0.25, 0.3) is 0 Å². The maximum atomic E-state index is 5.49. The number of aryl methyl sites for hydroxylation is 1. The lowest BCUT2D eigenvalue weighted by atomic mass is 9.91. The highest BCUT2D eigenvalue weighted by molar-refractivity contribution is 5.41. The zero-order valence-corrected chi connectivity index (χ0v) is 12.8. The van der Waals surface area contributed by atoms with Gasteiger partial charge in [-0.3, -0.25) is 4.98 Å². The minimum Gasteiger partial charge on any atom is -0.496 e. The molecular weight excluding hydrogens is 236 g/mol. The van der Waals surface area contributed by atoms with Crippen molar-refractivity contribution in [3.63, 3.8) is 0 Å². The van der Waals surface area contributed by atoms with Crippen molar-refractivity contribution < 1.29 is 4.74 Å². The second-order valence-corrected chi connectivity index (χ2v) is 5.84. The Hall–Kier alpha value is -1.09. The number of hydrogen-bond donors (Lipinski definition) is 1. The fourth-order valence-corrected chi connectivity index (χ4v) is 2.99. The SMILES string of the molecule is CNC(Cc1ncc(C)c(OC)c1C)C(C)C1CC1. The minimum atomic E-state index is 0.506. The first-order valence-electron chi connectivity index (χ1n) is 7.24. The Morgan fingerprint density at radius 2 is 2.11 bits per heavy atom. The summed E-state index contributed by atoms with van der Waals surface area (Å²) in [6.07, 6.45) is 5.69. The van der Waals surface area contributed by atoms with Gasteiger partial charge in [0.15, 0.2) is 0 Å². The van der Waals surface area contributed by atoms with Gasteiger partial charge in [-0.25, -0.2) is 0 Å². The van der Waals surface area contributed by atoms with Crippen LogP contribution in [0.2, 0.25) is 0 Å². The molecule has 2 atom stereocenters. The molecule has 1 aromatic rings. The zero-order valence-electron chi connectivity index (χ0n) is 12.8. The Balaban J connectivity index is 2.17. The van der Waals surface area contributed by atoms with Crippen LogP contribution in [-0.4, -0.2) is 25.2 Å². The van der Waals surface area contributed by atoms with Crippen molar-refractivity contribution in [2.45, 2.75) is 46.1 Å². The largest absolute Gasteiger partial charge is 0.496 e. The van der Waals surface area contributed by atoms with Crippen LogP contribution < -0.4 is 10.1 Å². The van der Waals surface area contributed by atoms with Crippen LogP contribution in [0.5, 0.6) is 5.75 Å². The zero-order chi connectivity index (χ0) is 14.0. The van der Waals surface area contributed by atoms with E-state index in [0.29, 0.717) is 6.04 Å². The number of nitrogens with one attached hydrogen (secondary N) is 1. The number of hydrogen-bond acceptors (Lipinski definition) is 3. The predicted molar refractivity (Wildman–Crippen MR) is 78.7 cm³/mol. The van der Waals surface area contributed by atoms with Crippen LogP contribution >= 0.6 is 0 Å². The first-order chi connectivity index (χ1) is 9.08. The Morgan fingerprint density at radius 1 is 1.42 bits per heavy atom. The van der Waals surface area contributed by atoms with Gasteiger partial charge >= 0.3 is 0 Å². The molecule has 0 amide bonds. The third-order valence-corrected chi connectivity index (χ3v) is 4.53. The first kappa shape index (κ1) is 14.3. The van der Waals surface area contributed by atoms with Crippen molar-refractivity contribution >= 4 is 0 Å². The summed E-state index contributed by atoms with van der Waals surface area (Å²) in [5.74, 6) is 2.61. The molecule has 0 aliphatic heterocycles. The second kappa shape index (κ2) is 5.91. The molecule has 1 aromatic heterocycles. The van der Waals surface area contributed by atoms with Crippen molar-refractivity contribution in [3.8, 4) is 5.75 Å². The van der Waals surface area contributed by atoms with Crippen molar-refractivity contribution in [2.75, 3.05) is 14.2 Å². The molecule has 0 saturated heterocycles. The summed E-state index contributed by atoms with van der Waals surface area (Å²) in [4.78, 5) is 4.62. The van der Waals surface area contributed by atoms with Crippen LogP contribution in [0.3, 0.4) is 0 Å². The van der Waals surface area contributed by atoms with E-state index >= 15 is 0 Å². The molecule has 1 fully saturated rings. The molecule has 1 N–H and O–H groups in total. The number of nitrogens with zero attached hydrogens (tertiary/aromatic N) is 1. The monoisotopic (exact) mass is 262 g/mol. The van der Waals surface area contributed by atoms with E-state index in [1.54, 1.807) is 7.11 Å². The number of rotatable bonds is 6. The maximum absolute atomic E-state index is 5.49. The topological polar surface area (TPSA) is 34.2 Å². The van der Waals surface area contributed by atoms with E-state index in [0.717, 1.165) is 35.3 Å². The summed E-state index contributed by atoms with van der Waals surface area (Å²) >= 11 is 0. The van der Waals surface area contributed by atoms with Gasteiger partial charge in [-0.15, -0.1) is 0 Å². The molecule has 1 aliphatic carbocycles. The fraction of sp³-hybridized carbons (Fsp3) is 0.688. The van der Waals surface area contributed by atoms with E-state index in [9.17, 15) is 0 Å². The van der Waals surface area contributed by atoms with Gasteiger partial charge in [0.25, 0.3) is 0 Å². The van der Waals surface area contributed by atoms with E-state index in [1.807, 2.05) is 13.1 Å². The van der Waals surface area contributed by atoms with Crippen molar-refractivity contribution in [2.24, 2.45) is 11.8 Å². The van der Waals surface area contributed by atoms with Crippen molar-refractivity contribution in [3.05, 3.63) is 23.0 Å². The molecule has 3 nitrogen and oxygen atoms in total. The van der Waals surface area contributed by atoms with E-state index < -0.39 is 0 Å². The molecule has 3 heteroatoms. The highest BCUT2D eigenvalue weighted by atomic mass is 16.5. The van der Waals surface area contributed by atoms with Gasteiger partial charge in [-0.1, -0.05) is 6.92 Å². The minimum absolute atomic E-state index is 0.506. The predicted octanol–water partition coefficient (Wildman–Crippen LogP) is 2.88. The van der Waals surface area contributed by atoms with Crippen LogP contribution in [-0.2, 0) is 6.42 Å². The highest BCUT2D eigenvalue weighted by Crippen LogP contribution is 2.39. The summed E-state index contributed by atoms with van der Waals surface area (Å²) < 4.78 is 5.49. The highest BCUT2D eigenvalue weighted by Gasteiger charge is 2.33. The molecule has 2 unspecified atom stereocenters.